The summed E-state index contributed by atoms with van der Waals surface area (Å²) in [6.07, 6.45) is 1.59. The second kappa shape index (κ2) is 2.31. The lowest BCUT2D eigenvalue weighted by Crippen LogP contribution is -2.11. The van der Waals surface area contributed by atoms with Crippen molar-refractivity contribution in [1.29, 1.82) is 0 Å². The molecular weight excluding hydrogens is 174 g/mol. The minimum atomic E-state index is -0.0783. The molecule has 0 aromatic carbocycles. The fourth-order valence-electron chi connectivity index (χ4n) is 1.03. The quantitative estimate of drug-likeness (QED) is 0.649. The van der Waals surface area contributed by atoms with Crippen LogP contribution in [0.4, 0.5) is 5.00 Å². The topological polar surface area (TPSA) is 60.4 Å². The summed E-state index contributed by atoms with van der Waals surface area (Å²) in [5, 5.41) is 0.602. The van der Waals surface area contributed by atoms with Gasteiger partial charge in [-0.25, -0.2) is 4.98 Å². The number of thiazole rings is 1. The van der Waals surface area contributed by atoms with Crippen molar-refractivity contribution in [2.45, 2.75) is 6.92 Å². The van der Waals surface area contributed by atoms with Crippen molar-refractivity contribution in [3.05, 3.63) is 28.3 Å². The van der Waals surface area contributed by atoms with E-state index < -0.39 is 0 Å². The average Bonchev–Trinajstić information content (AvgIpc) is 2.29. The second-order valence-electron chi connectivity index (χ2n) is 2.52. The van der Waals surface area contributed by atoms with E-state index in [1.165, 1.54) is 21.8 Å². The summed E-state index contributed by atoms with van der Waals surface area (Å²) in [7, 11) is 0. The molecule has 12 heavy (non-hydrogen) atoms. The molecule has 0 aliphatic heterocycles. The summed E-state index contributed by atoms with van der Waals surface area (Å²) in [6.45, 7) is 1.79. The minimum Gasteiger partial charge on any atom is -0.389 e. The van der Waals surface area contributed by atoms with Gasteiger partial charge in [-0.2, -0.15) is 0 Å². The van der Waals surface area contributed by atoms with Crippen molar-refractivity contribution < 1.29 is 0 Å². The van der Waals surface area contributed by atoms with Crippen molar-refractivity contribution in [1.82, 2.24) is 9.38 Å². The number of rotatable bonds is 0. The molecule has 4 nitrogen and oxygen atoms in total. The Labute approximate surface area is 72.3 Å². The van der Waals surface area contributed by atoms with Gasteiger partial charge in [-0.3, -0.25) is 9.20 Å². The van der Waals surface area contributed by atoms with Gasteiger partial charge in [-0.15, -0.1) is 0 Å². The standard InChI is InChI=1S/C7H7N3OS/c1-4-2-6(11)10-3-5(8)12-7(10)9-4/h2-3H,8H2,1H3. The third-order valence-corrected chi connectivity index (χ3v) is 2.33. The Hall–Kier alpha value is -1.36. The van der Waals surface area contributed by atoms with Crippen molar-refractivity contribution in [3.63, 3.8) is 0 Å². The van der Waals surface area contributed by atoms with Crippen LogP contribution in [0.1, 0.15) is 5.69 Å². The fraction of sp³-hybridized carbons (Fsp3) is 0.143. The minimum absolute atomic E-state index is 0.0783. The van der Waals surface area contributed by atoms with E-state index in [9.17, 15) is 4.79 Å². The van der Waals surface area contributed by atoms with Gasteiger partial charge in [-0.1, -0.05) is 11.3 Å². The lowest BCUT2D eigenvalue weighted by molar-refractivity contribution is 1.05. The highest BCUT2D eigenvalue weighted by Gasteiger charge is 2.01. The molecule has 2 aromatic heterocycles. The van der Waals surface area contributed by atoms with Gasteiger partial charge in [0.1, 0.15) is 5.00 Å². The molecule has 0 unspecified atom stereocenters. The summed E-state index contributed by atoms with van der Waals surface area (Å²) < 4.78 is 1.45. The van der Waals surface area contributed by atoms with Gasteiger partial charge in [0.15, 0.2) is 4.96 Å². The van der Waals surface area contributed by atoms with Crippen LogP contribution in [0.25, 0.3) is 4.96 Å². The molecule has 0 aliphatic carbocycles. The molecule has 0 radical (unpaired) electrons. The zero-order chi connectivity index (χ0) is 8.72. The highest BCUT2D eigenvalue weighted by atomic mass is 32.1. The van der Waals surface area contributed by atoms with Gasteiger partial charge in [0.05, 0.1) is 0 Å². The monoisotopic (exact) mass is 181 g/mol. The number of nitrogens with two attached hydrogens (primary N) is 1. The largest absolute Gasteiger partial charge is 0.389 e. The van der Waals surface area contributed by atoms with Crippen LogP contribution in [0.5, 0.6) is 0 Å². The Morgan fingerprint density at radius 1 is 1.67 bits per heavy atom. The summed E-state index contributed by atoms with van der Waals surface area (Å²) in [5.41, 5.74) is 6.17. The predicted molar refractivity (Wildman–Crippen MR) is 48.5 cm³/mol. The summed E-state index contributed by atoms with van der Waals surface area (Å²) >= 11 is 1.31. The van der Waals surface area contributed by atoms with Gasteiger partial charge < -0.3 is 5.73 Å². The lowest BCUT2D eigenvalue weighted by Gasteiger charge is -1.91. The molecule has 0 spiro atoms. The van der Waals surface area contributed by atoms with Crippen LogP contribution in [0.2, 0.25) is 0 Å². The van der Waals surface area contributed by atoms with E-state index in [-0.39, 0.29) is 5.56 Å². The Morgan fingerprint density at radius 3 is 3.17 bits per heavy atom. The zero-order valence-electron chi connectivity index (χ0n) is 6.44. The highest BCUT2D eigenvalue weighted by Crippen LogP contribution is 2.15. The molecule has 5 heteroatoms. The maximum absolute atomic E-state index is 11.3. The second-order valence-corrected chi connectivity index (χ2v) is 3.56. The summed E-state index contributed by atoms with van der Waals surface area (Å²) in [4.78, 5) is 16.1. The van der Waals surface area contributed by atoms with Gasteiger partial charge in [0.25, 0.3) is 5.56 Å². The van der Waals surface area contributed by atoms with Crippen molar-refractivity contribution in [2.75, 3.05) is 5.73 Å². The first kappa shape index (κ1) is 7.30. The van der Waals surface area contributed by atoms with E-state index >= 15 is 0 Å². The molecule has 0 bridgehead atoms. The van der Waals surface area contributed by atoms with E-state index in [1.54, 1.807) is 13.1 Å². The van der Waals surface area contributed by atoms with Crippen LogP contribution in [0.15, 0.2) is 17.1 Å². The zero-order valence-corrected chi connectivity index (χ0v) is 7.26. The first-order valence-corrected chi connectivity index (χ1v) is 4.24. The molecule has 0 saturated carbocycles. The van der Waals surface area contributed by atoms with Gasteiger partial charge in [0, 0.05) is 18.0 Å². The molecule has 2 heterocycles. The molecule has 0 saturated heterocycles. The van der Waals surface area contributed by atoms with Crippen LogP contribution in [0, 0.1) is 6.92 Å². The first-order chi connectivity index (χ1) is 5.66. The number of fused-ring (bicyclic) bond motifs is 1. The van der Waals surface area contributed by atoms with Gasteiger partial charge in [-0.05, 0) is 6.92 Å². The maximum Gasteiger partial charge on any atom is 0.258 e. The molecule has 0 atom stereocenters. The average molecular weight is 181 g/mol. The van der Waals surface area contributed by atoms with E-state index in [2.05, 4.69) is 4.98 Å². The number of hydrogen-bond donors (Lipinski definition) is 1. The maximum atomic E-state index is 11.3. The third kappa shape index (κ3) is 0.984. The molecule has 2 aromatic rings. The number of hydrogen-bond acceptors (Lipinski definition) is 4. The van der Waals surface area contributed by atoms with Crippen LogP contribution >= 0.6 is 11.3 Å². The lowest BCUT2D eigenvalue weighted by atomic mass is 10.4. The summed E-state index contributed by atoms with van der Waals surface area (Å²) in [6, 6.07) is 1.49. The van der Waals surface area contributed by atoms with Crippen LogP contribution in [-0.2, 0) is 0 Å². The van der Waals surface area contributed by atoms with Crippen molar-refractivity contribution >= 4 is 21.3 Å². The molecule has 0 amide bonds. The molecule has 0 aliphatic rings. The normalized spacial score (nSPS) is 10.8. The van der Waals surface area contributed by atoms with Crippen LogP contribution in [0.3, 0.4) is 0 Å². The SMILES string of the molecule is Cc1cc(=O)n2cc(N)sc2n1. The first-order valence-electron chi connectivity index (χ1n) is 3.42. The number of nitrogens with zero attached hydrogens (tertiary/aromatic N) is 2. The van der Waals surface area contributed by atoms with E-state index in [0.29, 0.717) is 9.96 Å². The van der Waals surface area contributed by atoms with E-state index in [1.807, 2.05) is 0 Å². The van der Waals surface area contributed by atoms with Gasteiger partial charge in [0.2, 0.25) is 0 Å². The molecular formula is C7H7N3OS. The van der Waals surface area contributed by atoms with Crippen molar-refractivity contribution in [3.8, 4) is 0 Å². The Morgan fingerprint density at radius 2 is 2.42 bits per heavy atom. The van der Waals surface area contributed by atoms with Crippen LogP contribution in [-0.4, -0.2) is 9.38 Å². The van der Waals surface area contributed by atoms with E-state index in [0.717, 1.165) is 5.69 Å². The Bertz CT molecular complexity index is 485. The number of aromatic nitrogens is 2. The number of nitrogen functional groups attached to an aromatic ring is 1. The Kier molecular flexibility index (Phi) is 1.41. The smallest absolute Gasteiger partial charge is 0.258 e. The van der Waals surface area contributed by atoms with Crippen LogP contribution < -0.4 is 11.3 Å². The molecule has 62 valence electrons. The number of aryl methyl sites for hydroxylation is 1. The summed E-state index contributed by atoms with van der Waals surface area (Å²) in [5.74, 6) is 0. The van der Waals surface area contributed by atoms with E-state index in [4.69, 9.17) is 5.73 Å². The number of anilines is 1. The predicted octanol–water partition coefficient (Wildman–Crippen LogP) is 0.647. The third-order valence-electron chi connectivity index (χ3n) is 1.51. The molecule has 2 N–H and O–H groups in total. The molecule has 0 fully saturated rings. The van der Waals surface area contributed by atoms with Gasteiger partial charge >= 0.3 is 0 Å². The highest BCUT2D eigenvalue weighted by molar-refractivity contribution is 7.20. The fourth-order valence-corrected chi connectivity index (χ4v) is 1.83. The van der Waals surface area contributed by atoms with Crippen molar-refractivity contribution in [2.24, 2.45) is 0 Å². The Balaban J connectivity index is 2.98. The molecule has 2 rings (SSSR count).